The molecule has 178 valence electrons. The first-order valence-corrected chi connectivity index (χ1v) is 11.6. The Morgan fingerprint density at radius 2 is 2.03 bits per heavy atom. The van der Waals surface area contributed by atoms with Crippen LogP contribution < -0.4 is 4.90 Å². The highest BCUT2D eigenvalue weighted by atomic mass is 19.3. The molecule has 0 N–H and O–H groups in total. The summed E-state index contributed by atoms with van der Waals surface area (Å²) in [6, 6.07) is 3.66. The first-order chi connectivity index (χ1) is 16.4. The van der Waals surface area contributed by atoms with Gasteiger partial charge in [0.15, 0.2) is 5.82 Å². The number of hydrogen-bond donors (Lipinski definition) is 0. The third-order valence-electron chi connectivity index (χ3n) is 7.13. The highest BCUT2D eigenvalue weighted by Crippen LogP contribution is 2.44. The number of anilines is 2. The molecule has 5 heterocycles. The van der Waals surface area contributed by atoms with Crippen LogP contribution >= 0.6 is 0 Å². The maximum Gasteiger partial charge on any atom is 0.264 e. The molecule has 0 spiro atoms. The molecule has 2 aromatic heterocycles. The number of aryl methyl sites for hydroxylation is 1. The van der Waals surface area contributed by atoms with Crippen LogP contribution in [-0.4, -0.2) is 56.7 Å². The lowest BCUT2D eigenvalue weighted by Crippen LogP contribution is -2.37. The number of alkyl halides is 2. The molecule has 1 amide bonds. The van der Waals surface area contributed by atoms with Crippen molar-refractivity contribution in [3.63, 3.8) is 0 Å². The number of benzene rings is 1. The molecule has 0 bridgehead atoms. The molecule has 3 aliphatic heterocycles. The maximum absolute atomic E-state index is 14.2. The van der Waals surface area contributed by atoms with Crippen molar-refractivity contribution < 1.29 is 18.3 Å². The largest absolute Gasteiger partial charge is 0.377 e. The molecule has 0 saturated carbocycles. The molecular weight excluding hydrogens is 442 g/mol. The zero-order valence-electron chi connectivity index (χ0n) is 19.2. The molecule has 6 rings (SSSR count). The summed E-state index contributed by atoms with van der Waals surface area (Å²) in [5.74, 6) is 0.792. The van der Waals surface area contributed by atoms with Crippen LogP contribution in [0.3, 0.4) is 0 Å². The zero-order valence-corrected chi connectivity index (χ0v) is 19.2. The van der Waals surface area contributed by atoms with E-state index < -0.39 is 6.43 Å². The normalized spacial score (nSPS) is 17.8. The second-order valence-electron chi connectivity index (χ2n) is 9.25. The van der Waals surface area contributed by atoms with Gasteiger partial charge in [-0.05, 0) is 29.7 Å². The SMILES string of the molecule is CC(=O)N1CCc2c(c(N3CCc4cc(-c5cnn(C)c5)c(C(F)F)cc43)nn2C2COC2)C1. The minimum atomic E-state index is -2.62. The second kappa shape index (κ2) is 7.90. The van der Waals surface area contributed by atoms with Gasteiger partial charge in [-0.1, -0.05) is 0 Å². The third kappa shape index (κ3) is 3.31. The standard InChI is InChI=1S/C24H26F2N6O2/c1-14(33)30-5-4-21-20(11-30)24(28-32(21)17-12-34-13-17)31-6-3-15-7-18(16-9-27-29(2)10-16)19(23(25)26)8-22(15)31/h7-10,17,23H,3-6,11-13H2,1-2H3. The molecule has 0 atom stereocenters. The maximum atomic E-state index is 14.2. The van der Waals surface area contributed by atoms with E-state index in [1.165, 1.54) is 0 Å². The van der Waals surface area contributed by atoms with E-state index >= 15 is 0 Å². The number of carbonyl (C=O) groups is 1. The van der Waals surface area contributed by atoms with Crippen LogP contribution in [0.5, 0.6) is 0 Å². The highest BCUT2D eigenvalue weighted by Gasteiger charge is 2.35. The Morgan fingerprint density at radius 1 is 1.21 bits per heavy atom. The van der Waals surface area contributed by atoms with Crippen molar-refractivity contribution >= 4 is 17.4 Å². The fourth-order valence-electron chi connectivity index (χ4n) is 5.24. The van der Waals surface area contributed by atoms with Crippen molar-refractivity contribution in [2.45, 2.75) is 38.8 Å². The zero-order chi connectivity index (χ0) is 23.6. The van der Waals surface area contributed by atoms with Gasteiger partial charge < -0.3 is 14.5 Å². The summed E-state index contributed by atoms with van der Waals surface area (Å²) in [5, 5.41) is 9.13. The van der Waals surface area contributed by atoms with Crippen molar-refractivity contribution in [3.05, 3.63) is 46.9 Å². The van der Waals surface area contributed by atoms with E-state index in [1.807, 2.05) is 20.5 Å². The second-order valence-corrected chi connectivity index (χ2v) is 9.25. The van der Waals surface area contributed by atoms with Gasteiger partial charge in [0.2, 0.25) is 5.91 Å². The third-order valence-corrected chi connectivity index (χ3v) is 7.13. The summed E-state index contributed by atoms with van der Waals surface area (Å²) >= 11 is 0. The lowest BCUT2D eigenvalue weighted by atomic mass is 9.98. The van der Waals surface area contributed by atoms with Crippen LogP contribution in [-0.2, 0) is 36.0 Å². The number of aromatic nitrogens is 4. The van der Waals surface area contributed by atoms with E-state index in [2.05, 4.69) is 5.10 Å². The number of amides is 1. The van der Waals surface area contributed by atoms with Crippen LogP contribution in [0, 0.1) is 0 Å². The number of fused-ring (bicyclic) bond motifs is 2. The summed E-state index contributed by atoms with van der Waals surface area (Å²) in [4.78, 5) is 16.0. The predicted octanol–water partition coefficient (Wildman–Crippen LogP) is 3.39. The lowest BCUT2D eigenvalue weighted by molar-refractivity contribution is -0.129. The van der Waals surface area contributed by atoms with E-state index in [-0.39, 0.29) is 17.5 Å². The predicted molar refractivity (Wildman–Crippen MR) is 121 cm³/mol. The quantitative estimate of drug-likeness (QED) is 0.587. The van der Waals surface area contributed by atoms with Gasteiger partial charge in [0.25, 0.3) is 6.43 Å². The van der Waals surface area contributed by atoms with Crippen molar-refractivity contribution in [1.29, 1.82) is 0 Å². The minimum Gasteiger partial charge on any atom is -0.377 e. The Balaban J connectivity index is 1.45. The minimum absolute atomic E-state index is 0.00953. The molecule has 8 nitrogen and oxygen atoms in total. The van der Waals surface area contributed by atoms with Gasteiger partial charge in [-0.15, -0.1) is 0 Å². The molecule has 3 aromatic rings. The van der Waals surface area contributed by atoms with Gasteiger partial charge in [-0.25, -0.2) is 8.78 Å². The fraction of sp³-hybridized carbons (Fsp3) is 0.458. The monoisotopic (exact) mass is 468 g/mol. The Bertz CT molecular complexity index is 1280. The highest BCUT2D eigenvalue weighted by molar-refractivity contribution is 5.79. The number of rotatable bonds is 4. The molecular formula is C24H26F2N6O2. The smallest absolute Gasteiger partial charge is 0.264 e. The molecule has 0 aliphatic carbocycles. The van der Waals surface area contributed by atoms with E-state index in [9.17, 15) is 13.6 Å². The lowest BCUT2D eigenvalue weighted by Gasteiger charge is -2.31. The Morgan fingerprint density at radius 3 is 2.68 bits per heavy atom. The first kappa shape index (κ1) is 21.3. The van der Waals surface area contributed by atoms with Crippen molar-refractivity contribution in [1.82, 2.24) is 24.5 Å². The van der Waals surface area contributed by atoms with Crippen LogP contribution in [0.15, 0.2) is 24.5 Å². The molecule has 1 aromatic carbocycles. The van der Waals surface area contributed by atoms with E-state index in [1.54, 1.807) is 37.1 Å². The average Bonchev–Trinajstić information content (AvgIpc) is 3.48. The van der Waals surface area contributed by atoms with Crippen molar-refractivity contribution in [3.8, 4) is 11.1 Å². The number of halogens is 2. The van der Waals surface area contributed by atoms with E-state index in [0.29, 0.717) is 44.0 Å². The number of nitrogens with zero attached hydrogens (tertiary/aromatic N) is 6. The summed E-state index contributed by atoms with van der Waals surface area (Å²) in [7, 11) is 1.78. The van der Waals surface area contributed by atoms with Gasteiger partial charge in [0.05, 0.1) is 32.0 Å². The number of ether oxygens (including phenoxy) is 1. The summed E-state index contributed by atoms with van der Waals surface area (Å²) < 4.78 is 37.4. The summed E-state index contributed by atoms with van der Waals surface area (Å²) in [6.45, 7) is 4.60. The molecule has 34 heavy (non-hydrogen) atoms. The Kier molecular flexibility index (Phi) is 4.94. The van der Waals surface area contributed by atoms with Crippen molar-refractivity contribution in [2.24, 2.45) is 7.05 Å². The molecule has 1 saturated heterocycles. The molecule has 0 radical (unpaired) electrons. The molecule has 10 heteroatoms. The van der Waals surface area contributed by atoms with Gasteiger partial charge in [-0.3, -0.25) is 14.2 Å². The van der Waals surface area contributed by atoms with Crippen LogP contribution in [0.1, 0.15) is 41.8 Å². The molecule has 3 aliphatic rings. The Hall–Kier alpha value is -3.27. The van der Waals surface area contributed by atoms with Gasteiger partial charge >= 0.3 is 0 Å². The van der Waals surface area contributed by atoms with Gasteiger partial charge in [0, 0.05) is 67.8 Å². The summed E-state index contributed by atoms with van der Waals surface area (Å²) in [6.07, 6.45) is 2.22. The van der Waals surface area contributed by atoms with Crippen LogP contribution in [0.4, 0.5) is 20.3 Å². The average molecular weight is 469 g/mol. The fourth-order valence-corrected chi connectivity index (χ4v) is 5.24. The topological polar surface area (TPSA) is 68.4 Å². The molecule has 0 unspecified atom stereocenters. The van der Waals surface area contributed by atoms with Gasteiger partial charge in [0.1, 0.15) is 0 Å². The Labute approximate surface area is 195 Å². The van der Waals surface area contributed by atoms with E-state index in [0.717, 1.165) is 41.2 Å². The van der Waals surface area contributed by atoms with E-state index in [4.69, 9.17) is 9.84 Å². The van der Waals surface area contributed by atoms with Crippen LogP contribution in [0.2, 0.25) is 0 Å². The number of carbonyl (C=O) groups excluding carboxylic acids is 1. The van der Waals surface area contributed by atoms with Gasteiger partial charge in [-0.2, -0.15) is 10.2 Å². The summed E-state index contributed by atoms with van der Waals surface area (Å²) in [5.41, 5.74) is 5.10. The van der Waals surface area contributed by atoms with Crippen molar-refractivity contribution in [2.75, 3.05) is 31.2 Å². The first-order valence-electron chi connectivity index (χ1n) is 11.6. The van der Waals surface area contributed by atoms with Crippen LogP contribution in [0.25, 0.3) is 11.1 Å². The number of hydrogen-bond acceptors (Lipinski definition) is 5. The molecule has 1 fully saturated rings.